The number of nitrogens with zero attached hydrogens (tertiary/aromatic N) is 4. The molecule has 4 heterocycles. The lowest BCUT2D eigenvalue weighted by Crippen LogP contribution is -2.55. The van der Waals surface area contributed by atoms with Gasteiger partial charge in [-0.3, -0.25) is 19.3 Å². The van der Waals surface area contributed by atoms with Crippen molar-refractivity contribution in [2.24, 2.45) is 5.92 Å². The Morgan fingerprint density at radius 2 is 1.88 bits per heavy atom. The van der Waals surface area contributed by atoms with Crippen LogP contribution in [0.15, 0.2) is 29.6 Å². The van der Waals surface area contributed by atoms with Crippen molar-refractivity contribution in [2.45, 2.75) is 56.4 Å². The number of amides is 2. The smallest absolute Gasteiger partial charge is 0.251 e. The SMILES string of the molecule is COCCN1CCN(c2nc(-c3ccc(C(=O)N[C@H](C(=O)N4C[C@@H](O)[C@H]5OCC(=O)[C@H]54)C4CCCCC4)cc3)cs2)CC1. The van der Waals surface area contributed by atoms with Crippen molar-refractivity contribution >= 4 is 34.1 Å². The number of β-amino-alcohol motifs (C(OH)–C–C–N with tert-alkyl or cyclic N) is 1. The Morgan fingerprint density at radius 1 is 1.14 bits per heavy atom. The lowest BCUT2D eigenvalue weighted by molar-refractivity contribution is -0.139. The van der Waals surface area contributed by atoms with Crippen LogP contribution in [0, 0.1) is 5.92 Å². The second-order valence-corrected chi connectivity index (χ2v) is 12.8. The molecule has 1 aromatic carbocycles. The van der Waals surface area contributed by atoms with E-state index in [9.17, 15) is 19.5 Å². The zero-order valence-corrected chi connectivity index (χ0v) is 25.5. The van der Waals surface area contributed by atoms with Crippen LogP contribution in [-0.2, 0) is 19.1 Å². The number of thiazole rings is 1. The van der Waals surface area contributed by atoms with Crippen molar-refractivity contribution in [2.75, 3.05) is 64.5 Å². The number of Topliss-reactive ketones (excluding diaryl/α,β-unsaturated/α-hetero) is 1. The van der Waals surface area contributed by atoms with Crippen molar-refractivity contribution in [3.05, 3.63) is 35.2 Å². The minimum Gasteiger partial charge on any atom is -0.388 e. The number of piperazine rings is 1. The van der Waals surface area contributed by atoms with Crippen LogP contribution in [0.4, 0.5) is 5.13 Å². The average molecular weight is 612 g/mol. The van der Waals surface area contributed by atoms with E-state index < -0.39 is 24.3 Å². The Labute approximate surface area is 256 Å². The Bertz CT molecular complexity index is 1290. The molecule has 0 bridgehead atoms. The number of aliphatic hydroxyl groups excluding tert-OH is 1. The average Bonchev–Trinajstić information content (AvgIpc) is 3.77. The maximum Gasteiger partial charge on any atom is 0.251 e. The molecule has 0 spiro atoms. The summed E-state index contributed by atoms with van der Waals surface area (Å²) < 4.78 is 10.7. The maximum atomic E-state index is 13.9. The van der Waals surface area contributed by atoms with Gasteiger partial charge >= 0.3 is 0 Å². The summed E-state index contributed by atoms with van der Waals surface area (Å²) in [5.74, 6) is -0.856. The molecule has 2 aromatic rings. The second-order valence-electron chi connectivity index (χ2n) is 12.0. The summed E-state index contributed by atoms with van der Waals surface area (Å²) in [4.78, 5) is 50.9. The molecule has 4 fully saturated rings. The van der Waals surface area contributed by atoms with Crippen LogP contribution in [0.2, 0.25) is 0 Å². The molecule has 0 radical (unpaired) electrons. The van der Waals surface area contributed by atoms with E-state index in [0.717, 1.165) is 87.8 Å². The molecule has 3 saturated heterocycles. The molecule has 232 valence electrons. The molecular formula is C31H41N5O6S. The topological polar surface area (TPSA) is 125 Å². The summed E-state index contributed by atoms with van der Waals surface area (Å²) >= 11 is 1.63. The molecular weight excluding hydrogens is 570 g/mol. The largest absolute Gasteiger partial charge is 0.388 e. The number of fused-ring (bicyclic) bond motifs is 1. The fourth-order valence-corrected chi connectivity index (χ4v) is 7.71. The lowest BCUT2D eigenvalue weighted by atomic mass is 9.83. The number of aliphatic hydroxyl groups is 1. The number of hydrogen-bond acceptors (Lipinski definition) is 10. The van der Waals surface area contributed by atoms with E-state index in [1.807, 2.05) is 17.5 Å². The summed E-state index contributed by atoms with van der Waals surface area (Å²) in [6.45, 7) is 5.44. The number of methoxy groups -OCH3 is 1. The fourth-order valence-electron chi connectivity index (χ4n) is 6.83. The third-order valence-corrected chi connectivity index (χ3v) is 10.2. The molecule has 0 unspecified atom stereocenters. The summed E-state index contributed by atoms with van der Waals surface area (Å²) in [5.41, 5.74) is 2.25. The van der Waals surface area contributed by atoms with Crippen molar-refractivity contribution < 1.29 is 29.0 Å². The highest BCUT2D eigenvalue weighted by molar-refractivity contribution is 7.14. The van der Waals surface area contributed by atoms with Crippen LogP contribution in [-0.4, -0.2) is 121 Å². The van der Waals surface area contributed by atoms with E-state index in [1.165, 1.54) is 4.90 Å². The van der Waals surface area contributed by atoms with Gasteiger partial charge in [-0.1, -0.05) is 31.4 Å². The Hall–Kier alpha value is -2.90. The van der Waals surface area contributed by atoms with Crippen LogP contribution in [0.1, 0.15) is 42.5 Å². The molecule has 12 heteroatoms. The number of ether oxygens (including phenoxy) is 2. The van der Waals surface area contributed by atoms with Gasteiger partial charge in [0.25, 0.3) is 5.91 Å². The summed E-state index contributed by atoms with van der Waals surface area (Å²) in [6, 6.07) is 5.78. The van der Waals surface area contributed by atoms with Gasteiger partial charge in [0, 0.05) is 56.3 Å². The Kier molecular flexibility index (Phi) is 9.39. The normalized spacial score (nSPS) is 25.6. The first-order valence-electron chi connectivity index (χ1n) is 15.4. The van der Waals surface area contributed by atoms with Gasteiger partial charge in [-0.2, -0.15) is 0 Å². The number of carbonyl (C=O) groups is 3. The maximum absolute atomic E-state index is 13.9. The van der Waals surface area contributed by atoms with Gasteiger partial charge in [0.2, 0.25) is 5.91 Å². The number of carbonyl (C=O) groups excluding carboxylic acids is 3. The predicted octanol–water partition coefficient (Wildman–Crippen LogP) is 1.80. The number of benzene rings is 1. The van der Waals surface area contributed by atoms with E-state index >= 15 is 0 Å². The quantitative estimate of drug-likeness (QED) is 0.437. The first kappa shape index (κ1) is 30.1. The first-order chi connectivity index (χ1) is 20.9. The molecule has 43 heavy (non-hydrogen) atoms. The van der Waals surface area contributed by atoms with Crippen molar-refractivity contribution in [1.29, 1.82) is 0 Å². The second kappa shape index (κ2) is 13.4. The van der Waals surface area contributed by atoms with Gasteiger partial charge in [-0.15, -0.1) is 11.3 Å². The third kappa shape index (κ3) is 6.48. The molecule has 1 aliphatic carbocycles. The first-order valence-corrected chi connectivity index (χ1v) is 16.3. The van der Waals surface area contributed by atoms with Crippen LogP contribution in [0.25, 0.3) is 11.3 Å². The number of likely N-dealkylation sites (tertiary alicyclic amines) is 1. The lowest BCUT2D eigenvalue weighted by Gasteiger charge is -2.34. The molecule has 1 saturated carbocycles. The van der Waals surface area contributed by atoms with E-state index in [1.54, 1.807) is 30.6 Å². The van der Waals surface area contributed by atoms with Crippen LogP contribution in [0.3, 0.4) is 0 Å². The van der Waals surface area contributed by atoms with E-state index in [-0.39, 0.29) is 36.7 Å². The van der Waals surface area contributed by atoms with Gasteiger partial charge in [-0.25, -0.2) is 4.98 Å². The van der Waals surface area contributed by atoms with E-state index in [0.29, 0.717) is 5.56 Å². The summed E-state index contributed by atoms with van der Waals surface area (Å²) in [5, 5.41) is 16.5. The van der Waals surface area contributed by atoms with Crippen molar-refractivity contribution in [1.82, 2.24) is 20.1 Å². The number of aromatic nitrogens is 1. The van der Waals surface area contributed by atoms with Gasteiger partial charge in [0.15, 0.2) is 10.9 Å². The minimum atomic E-state index is -0.910. The van der Waals surface area contributed by atoms with Gasteiger partial charge in [0.05, 0.1) is 18.8 Å². The molecule has 11 nitrogen and oxygen atoms in total. The highest BCUT2D eigenvalue weighted by atomic mass is 32.1. The zero-order valence-electron chi connectivity index (χ0n) is 24.7. The highest BCUT2D eigenvalue weighted by Crippen LogP contribution is 2.33. The van der Waals surface area contributed by atoms with Gasteiger partial charge in [0.1, 0.15) is 30.9 Å². The Balaban J connectivity index is 1.11. The molecule has 2 N–H and O–H groups in total. The summed E-state index contributed by atoms with van der Waals surface area (Å²) in [7, 11) is 1.73. The van der Waals surface area contributed by atoms with Crippen LogP contribution < -0.4 is 10.2 Å². The third-order valence-electron chi connectivity index (χ3n) is 9.30. The fraction of sp³-hybridized carbons (Fsp3) is 0.613. The Morgan fingerprint density at radius 3 is 2.60 bits per heavy atom. The highest BCUT2D eigenvalue weighted by Gasteiger charge is 2.53. The number of nitrogens with one attached hydrogen (secondary N) is 1. The molecule has 6 rings (SSSR count). The van der Waals surface area contributed by atoms with E-state index in [2.05, 4.69) is 15.1 Å². The van der Waals surface area contributed by atoms with Gasteiger partial charge in [-0.05, 0) is 30.9 Å². The minimum absolute atomic E-state index is 0.0200. The van der Waals surface area contributed by atoms with Crippen LogP contribution >= 0.6 is 11.3 Å². The molecule has 1 aromatic heterocycles. The monoisotopic (exact) mass is 611 g/mol. The number of anilines is 1. The standard InChI is InChI=1S/C31H41N5O6S/c1-41-16-15-34-11-13-35(14-12-34)31-32-23(19-43-31)20-7-9-22(10-8-20)29(39)33-26(21-5-3-2-4-6-21)30(40)36-17-24(37)28-27(36)25(38)18-42-28/h7-10,19,21,24,26-28,37H,2-6,11-18H2,1H3,(H,33,39)/t24-,26+,27-,28-/m1/s1. The van der Waals surface area contributed by atoms with Gasteiger partial charge < -0.3 is 29.7 Å². The number of ketones is 1. The zero-order chi connectivity index (χ0) is 29.9. The molecule has 4 aliphatic rings. The molecule has 3 aliphatic heterocycles. The molecule has 2 amide bonds. The van der Waals surface area contributed by atoms with Crippen LogP contribution in [0.5, 0.6) is 0 Å². The molecule has 4 atom stereocenters. The van der Waals surface area contributed by atoms with Crippen molar-refractivity contribution in [3.8, 4) is 11.3 Å². The van der Waals surface area contributed by atoms with Crippen molar-refractivity contribution in [3.63, 3.8) is 0 Å². The number of rotatable bonds is 9. The van der Waals surface area contributed by atoms with E-state index in [4.69, 9.17) is 14.5 Å². The predicted molar refractivity (Wildman–Crippen MR) is 162 cm³/mol. The summed E-state index contributed by atoms with van der Waals surface area (Å²) in [6.07, 6.45) is 3.16. The number of hydrogen-bond donors (Lipinski definition) is 2.